The predicted octanol–water partition coefficient (Wildman–Crippen LogP) is 3.57. The van der Waals surface area contributed by atoms with Gasteiger partial charge >= 0.3 is 0 Å². The first kappa shape index (κ1) is 13.3. The van der Waals surface area contributed by atoms with Gasteiger partial charge in [0.1, 0.15) is 17.4 Å². The molecule has 19 heavy (non-hydrogen) atoms. The Morgan fingerprint density at radius 2 is 1.89 bits per heavy atom. The summed E-state index contributed by atoms with van der Waals surface area (Å²) in [6.07, 6.45) is 1.86. The Bertz CT molecular complexity index is 541. The largest absolute Gasteiger partial charge is 0.439 e. The molecule has 2 rings (SSSR count). The molecule has 0 unspecified atom stereocenters. The first-order valence-electron chi connectivity index (χ1n) is 6.52. The summed E-state index contributed by atoms with van der Waals surface area (Å²) in [6.45, 7) is 4.07. The van der Waals surface area contributed by atoms with Gasteiger partial charge in [0.2, 0.25) is 5.88 Å². The van der Waals surface area contributed by atoms with Crippen LogP contribution in [-0.2, 0) is 6.42 Å². The van der Waals surface area contributed by atoms with Crippen LogP contribution in [-0.4, -0.2) is 17.0 Å². The van der Waals surface area contributed by atoms with Crippen LogP contribution in [0, 0.1) is 6.92 Å². The standard InChI is InChI=1S/C15H19N3O/c1-4-8-13-17-14(16-3)11(2)15(18-13)19-12-9-6-5-7-10-12/h5-7,9-10H,4,8H2,1-3H3,(H,16,17,18). The van der Waals surface area contributed by atoms with Crippen molar-refractivity contribution >= 4 is 5.82 Å². The Morgan fingerprint density at radius 3 is 2.53 bits per heavy atom. The van der Waals surface area contributed by atoms with Gasteiger partial charge in [-0.1, -0.05) is 25.1 Å². The number of aromatic nitrogens is 2. The molecule has 0 saturated heterocycles. The Kier molecular flexibility index (Phi) is 4.34. The van der Waals surface area contributed by atoms with Crippen LogP contribution in [0.2, 0.25) is 0 Å². The highest BCUT2D eigenvalue weighted by Crippen LogP contribution is 2.26. The Hall–Kier alpha value is -2.10. The normalized spacial score (nSPS) is 10.3. The second-order valence-electron chi connectivity index (χ2n) is 4.33. The third-order valence-corrected chi connectivity index (χ3v) is 2.82. The van der Waals surface area contributed by atoms with Crippen LogP contribution >= 0.6 is 0 Å². The maximum Gasteiger partial charge on any atom is 0.227 e. The van der Waals surface area contributed by atoms with Crippen LogP contribution in [0.25, 0.3) is 0 Å². The van der Waals surface area contributed by atoms with Gasteiger partial charge in [-0.2, -0.15) is 4.98 Å². The molecule has 0 bridgehead atoms. The van der Waals surface area contributed by atoms with Crippen molar-refractivity contribution in [3.8, 4) is 11.6 Å². The summed E-state index contributed by atoms with van der Waals surface area (Å²) in [6, 6.07) is 9.68. The number of hydrogen-bond acceptors (Lipinski definition) is 4. The third-order valence-electron chi connectivity index (χ3n) is 2.82. The van der Waals surface area contributed by atoms with Gasteiger partial charge < -0.3 is 10.1 Å². The van der Waals surface area contributed by atoms with Crippen LogP contribution in [0.15, 0.2) is 30.3 Å². The number of para-hydroxylation sites is 1. The fourth-order valence-corrected chi connectivity index (χ4v) is 1.82. The van der Waals surface area contributed by atoms with Crippen LogP contribution < -0.4 is 10.1 Å². The van der Waals surface area contributed by atoms with E-state index in [1.807, 2.05) is 44.3 Å². The van der Waals surface area contributed by atoms with Crippen molar-refractivity contribution in [2.45, 2.75) is 26.7 Å². The maximum absolute atomic E-state index is 5.85. The quantitative estimate of drug-likeness (QED) is 0.889. The molecule has 0 radical (unpaired) electrons. The van der Waals surface area contributed by atoms with E-state index in [9.17, 15) is 0 Å². The molecule has 0 aliphatic heterocycles. The molecule has 4 nitrogen and oxygen atoms in total. The molecular weight excluding hydrogens is 238 g/mol. The summed E-state index contributed by atoms with van der Waals surface area (Å²) >= 11 is 0. The van der Waals surface area contributed by atoms with Crippen molar-refractivity contribution in [1.82, 2.24) is 9.97 Å². The first-order valence-corrected chi connectivity index (χ1v) is 6.52. The van der Waals surface area contributed by atoms with E-state index >= 15 is 0 Å². The minimum Gasteiger partial charge on any atom is -0.439 e. The molecule has 1 heterocycles. The molecule has 0 fully saturated rings. The lowest BCUT2D eigenvalue weighted by atomic mass is 10.2. The zero-order chi connectivity index (χ0) is 13.7. The maximum atomic E-state index is 5.85. The minimum atomic E-state index is 0.619. The molecule has 100 valence electrons. The van der Waals surface area contributed by atoms with Gasteiger partial charge in [0.25, 0.3) is 0 Å². The highest BCUT2D eigenvalue weighted by molar-refractivity contribution is 5.49. The van der Waals surface area contributed by atoms with Crippen molar-refractivity contribution in [2.75, 3.05) is 12.4 Å². The van der Waals surface area contributed by atoms with E-state index in [1.165, 1.54) is 0 Å². The molecule has 1 aromatic heterocycles. The van der Waals surface area contributed by atoms with E-state index in [4.69, 9.17) is 4.74 Å². The van der Waals surface area contributed by atoms with E-state index in [0.717, 1.165) is 35.8 Å². The van der Waals surface area contributed by atoms with Crippen molar-refractivity contribution in [1.29, 1.82) is 0 Å². The second-order valence-corrected chi connectivity index (χ2v) is 4.33. The monoisotopic (exact) mass is 257 g/mol. The SMILES string of the molecule is CCCc1nc(NC)c(C)c(Oc2ccccc2)n1. The summed E-state index contributed by atoms with van der Waals surface area (Å²) in [5, 5.41) is 3.09. The molecule has 1 N–H and O–H groups in total. The summed E-state index contributed by atoms with van der Waals surface area (Å²) in [4.78, 5) is 8.97. The van der Waals surface area contributed by atoms with Gasteiger partial charge in [-0.15, -0.1) is 0 Å². The van der Waals surface area contributed by atoms with E-state index in [-0.39, 0.29) is 0 Å². The first-order chi connectivity index (χ1) is 9.24. The van der Waals surface area contributed by atoms with E-state index in [1.54, 1.807) is 0 Å². The molecule has 0 aliphatic rings. The lowest BCUT2D eigenvalue weighted by molar-refractivity contribution is 0.454. The number of aryl methyl sites for hydroxylation is 1. The van der Waals surface area contributed by atoms with E-state index in [0.29, 0.717) is 5.88 Å². The van der Waals surface area contributed by atoms with Crippen molar-refractivity contribution in [3.05, 3.63) is 41.7 Å². The highest BCUT2D eigenvalue weighted by Gasteiger charge is 2.11. The van der Waals surface area contributed by atoms with Crippen LogP contribution in [0.5, 0.6) is 11.6 Å². The fraction of sp³-hybridized carbons (Fsp3) is 0.333. The number of nitrogens with one attached hydrogen (secondary N) is 1. The Labute approximate surface area is 113 Å². The average Bonchev–Trinajstić information content (AvgIpc) is 2.43. The molecule has 1 aromatic carbocycles. The third kappa shape index (κ3) is 3.22. The lowest BCUT2D eigenvalue weighted by Gasteiger charge is -2.12. The topological polar surface area (TPSA) is 47.0 Å². The van der Waals surface area contributed by atoms with Gasteiger partial charge in [-0.25, -0.2) is 4.98 Å². The summed E-state index contributed by atoms with van der Waals surface area (Å²) < 4.78 is 5.85. The van der Waals surface area contributed by atoms with Crippen LogP contribution in [0.1, 0.15) is 24.7 Å². The molecule has 0 aliphatic carbocycles. The second kappa shape index (κ2) is 6.18. The van der Waals surface area contributed by atoms with Crippen LogP contribution in [0.4, 0.5) is 5.82 Å². The number of hydrogen-bond donors (Lipinski definition) is 1. The number of rotatable bonds is 5. The van der Waals surface area contributed by atoms with Crippen molar-refractivity contribution < 1.29 is 4.74 Å². The minimum absolute atomic E-state index is 0.619. The molecular formula is C15H19N3O. The van der Waals surface area contributed by atoms with Crippen LogP contribution in [0.3, 0.4) is 0 Å². The smallest absolute Gasteiger partial charge is 0.227 e. The average molecular weight is 257 g/mol. The predicted molar refractivity (Wildman–Crippen MR) is 76.8 cm³/mol. The van der Waals surface area contributed by atoms with Gasteiger partial charge in [0.15, 0.2) is 0 Å². The molecule has 4 heteroatoms. The van der Waals surface area contributed by atoms with Gasteiger partial charge in [-0.05, 0) is 25.5 Å². The van der Waals surface area contributed by atoms with E-state index < -0.39 is 0 Å². The Balaban J connectivity index is 2.35. The molecule has 0 amide bonds. The summed E-state index contributed by atoms with van der Waals surface area (Å²) in [5.74, 6) is 3.04. The van der Waals surface area contributed by atoms with Gasteiger partial charge in [-0.3, -0.25) is 0 Å². The van der Waals surface area contributed by atoms with Crippen molar-refractivity contribution in [3.63, 3.8) is 0 Å². The molecule has 2 aromatic rings. The van der Waals surface area contributed by atoms with Gasteiger partial charge in [0, 0.05) is 13.5 Å². The summed E-state index contributed by atoms with van der Waals surface area (Å²) in [7, 11) is 1.86. The number of benzene rings is 1. The van der Waals surface area contributed by atoms with Crippen molar-refractivity contribution in [2.24, 2.45) is 0 Å². The molecule has 0 spiro atoms. The molecule has 0 saturated carbocycles. The number of nitrogens with zero attached hydrogens (tertiary/aromatic N) is 2. The fourth-order valence-electron chi connectivity index (χ4n) is 1.82. The van der Waals surface area contributed by atoms with Gasteiger partial charge in [0.05, 0.1) is 5.56 Å². The number of ether oxygens (including phenoxy) is 1. The Morgan fingerprint density at radius 1 is 1.16 bits per heavy atom. The zero-order valence-corrected chi connectivity index (χ0v) is 11.6. The lowest BCUT2D eigenvalue weighted by Crippen LogP contribution is -2.05. The molecule has 0 atom stereocenters. The van der Waals surface area contributed by atoms with E-state index in [2.05, 4.69) is 22.2 Å². The number of anilines is 1. The highest BCUT2D eigenvalue weighted by atomic mass is 16.5. The zero-order valence-electron chi connectivity index (χ0n) is 11.6. The summed E-state index contributed by atoms with van der Waals surface area (Å²) in [5.41, 5.74) is 0.922.